The lowest BCUT2D eigenvalue weighted by Crippen LogP contribution is -2.32. The van der Waals surface area contributed by atoms with Crippen LogP contribution < -0.4 is 10.6 Å². The maximum atomic E-state index is 12.5. The molecule has 3 aliphatic rings. The van der Waals surface area contributed by atoms with Crippen LogP contribution in [0.2, 0.25) is 0 Å². The van der Waals surface area contributed by atoms with Gasteiger partial charge >= 0.3 is 0 Å². The number of nitrogens with one attached hydrogen (secondary N) is 2. The number of benzene rings is 1. The number of carbonyl (C=O) groups excluding carboxylic acids is 2. The van der Waals surface area contributed by atoms with E-state index in [2.05, 4.69) is 16.7 Å². The number of anilines is 1. The van der Waals surface area contributed by atoms with Crippen molar-refractivity contribution in [2.24, 2.45) is 5.92 Å². The number of amides is 2. The predicted octanol–water partition coefficient (Wildman–Crippen LogP) is 1.79. The summed E-state index contributed by atoms with van der Waals surface area (Å²) in [7, 11) is 0. The molecular weight excluding hydrogens is 290 g/mol. The molecule has 122 valence electrons. The molecule has 1 aliphatic carbocycles. The summed E-state index contributed by atoms with van der Waals surface area (Å²) in [4.78, 5) is 26.5. The third-order valence-corrected chi connectivity index (χ3v) is 5.10. The molecule has 5 nitrogen and oxygen atoms in total. The van der Waals surface area contributed by atoms with E-state index < -0.39 is 0 Å². The van der Waals surface area contributed by atoms with Crippen LogP contribution in [-0.4, -0.2) is 42.4 Å². The summed E-state index contributed by atoms with van der Waals surface area (Å²) < 4.78 is 0. The van der Waals surface area contributed by atoms with Gasteiger partial charge in [-0.05, 0) is 37.3 Å². The van der Waals surface area contributed by atoms with Gasteiger partial charge in [0.15, 0.2) is 0 Å². The molecule has 4 rings (SSSR count). The number of hydrogen-bond acceptors (Lipinski definition) is 3. The summed E-state index contributed by atoms with van der Waals surface area (Å²) in [6.45, 7) is 2.30. The topological polar surface area (TPSA) is 61.4 Å². The van der Waals surface area contributed by atoms with Crippen molar-refractivity contribution in [3.8, 4) is 0 Å². The number of rotatable bonds is 4. The zero-order chi connectivity index (χ0) is 15.8. The minimum Gasteiger partial charge on any atom is -0.384 e. The average Bonchev–Trinajstić information content (AvgIpc) is 3.35. The molecule has 1 aromatic rings. The van der Waals surface area contributed by atoms with Crippen molar-refractivity contribution >= 4 is 17.5 Å². The van der Waals surface area contributed by atoms with Crippen molar-refractivity contribution in [3.05, 3.63) is 29.3 Å². The van der Waals surface area contributed by atoms with Gasteiger partial charge in [-0.15, -0.1) is 0 Å². The van der Waals surface area contributed by atoms with Crippen molar-refractivity contribution in [1.82, 2.24) is 10.2 Å². The second-order valence-corrected chi connectivity index (χ2v) is 6.93. The Morgan fingerprint density at radius 2 is 2.22 bits per heavy atom. The fourth-order valence-corrected chi connectivity index (χ4v) is 3.72. The molecule has 23 heavy (non-hydrogen) atoms. The molecule has 1 atom stereocenters. The lowest BCUT2D eigenvalue weighted by atomic mass is 9.99. The summed E-state index contributed by atoms with van der Waals surface area (Å²) in [5.74, 6) is 0.471. The molecular formula is C18H23N3O2. The van der Waals surface area contributed by atoms with E-state index in [1.165, 1.54) is 5.56 Å². The summed E-state index contributed by atoms with van der Waals surface area (Å²) in [6, 6.07) is 6.40. The Morgan fingerprint density at radius 3 is 3.04 bits per heavy atom. The Balaban J connectivity index is 1.38. The number of aryl methyl sites for hydroxylation is 1. The zero-order valence-corrected chi connectivity index (χ0v) is 13.3. The first-order valence-electron chi connectivity index (χ1n) is 8.66. The smallest absolute Gasteiger partial charge is 0.253 e. The van der Waals surface area contributed by atoms with Crippen molar-refractivity contribution in [2.75, 3.05) is 25.0 Å². The second kappa shape index (κ2) is 5.87. The molecule has 0 spiro atoms. The van der Waals surface area contributed by atoms with Gasteiger partial charge in [0.25, 0.3) is 5.91 Å². The van der Waals surface area contributed by atoms with Crippen LogP contribution in [0.4, 0.5) is 5.69 Å². The van der Waals surface area contributed by atoms with E-state index >= 15 is 0 Å². The quantitative estimate of drug-likeness (QED) is 0.891. The number of likely N-dealkylation sites (tertiary alicyclic amines) is 1. The molecule has 2 amide bonds. The van der Waals surface area contributed by atoms with E-state index in [0.29, 0.717) is 19.0 Å². The number of fused-ring (bicyclic) bond motifs is 1. The molecule has 0 unspecified atom stereocenters. The standard InChI is InChI=1S/C18H23N3O2/c22-16-9-12(11-21(16)14-6-7-14)10-20-18(23)15-5-1-3-13-4-2-8-19-17(13)15/h1,3,5,12,14,19H,2,4,6-11H2,(H,20,23)/t12-/m1/s1. The van der Waals surface area contributed by atoms with Gasteiger partial charge in [0.05, 0.1) is 11.3 Å². The van der Waals surface area contributed by atoms with Crippen LogP contribution in [-0.2, 0) is 11.2 Å². The van der Waals surface area contributed by atoms with Crippen LogP contribution in [0, 0.1) is 5.92 Å². The molecule has 1 aromatic carbocycles. The lowest BCUT2D eigenvalue weighted by molar-refractivity contribution is -0.128. The van der Waals surface area contributed by atoms with Gasteiger partial charge < -0.3 is 15.5 Å². The van der Waals surface area contributed by atoms with Crippen LogP contribution >= 0.6 is 0 Å². The van der Waals surface area contributed by atoms with Crippen molar-refractivity contribution in [1.29, 1.82) is 0 Å². The van der Waals surface area contributed by atoms with E-state index in [1.807, 2.05) is 17.0 Å². The highest BCUT2D eigenvalue weighted by Gasteiger charge is 2.39. The van der Waals surface area contributed by atoms with Gasteiger partial charge in [0.2, 0.25) is 5.91 Å². The van der Waals surface area contributed by atoms with Gasteiger partial charge in [-0.2, -0.15) is 0 Å². The highest BCUT2D eigenvalue weighted by atomic mass is 16.2. The van der Waals surface area contributed by atoms with Crippen LogP contribution in [0.15, 0.2) is 18.2 Å². The first-order valence-corrected chi connectivity index (χ1v) is 8.66. The average molecular weight is 313 g/mol. The molecule has 0 radical (unpaired) electrons. The van der Waals surface area contributed by atoms with Crippen molar-refractivity contribution in [2.45, 2.75) is 38.1 Å². The fourth-order valence-electron chi connectivity index (χ4n) is 3.72. The third kappa shape index (κ3) is 2.92. The molecule has 2 heterocycles. The third-order valence-electron chi connectivity index (χ3n) is 5.10. The van der Waals surface area contributed by atoms with Crippen LogP contribution in [0.1, 0.15) is 41.6 Å². The monoisotopic (exact) mass is 313 g/mol. The van der Waals surface area contributed by atoms with E-state index in [4.69, 9.17) is 0 Å². The van der Waals surface area contributed by atoms with Crippen LogP contribution in [0.5, 0.6) is 0 Å². The van der Waals surface area contributed by atoms with Gasteiger partial charge in [-0.1, -0.05) is 12.1 Å². The number of para-hydroxylation sites is 1. The second-order valence-electron chi connectivity index (χ2n) is 6.93. The fraction of sp³-hybridized carbons (Fsp3) is 0.556. The summed E-state index contributed by atoms with van der Waals surface area (Å²) >= 11 is 0. The molecule has 0 bridgehead atoms. The van der Waals surface area contributed by atoms with Crippen LogP contribution in [0.3, 0.4) is 0 Å². The molecule has 2 fully saturated rings. The van der Waals surface area contributed by atoms with Crippen LogP contribution in [0.25, 0.3) is 0 Å². The predicted molar refractivity (Wildman–Crippen MR) is 88.4 cm³/mol. The molecule has 0 aromatic heterocycles. The van der Waals surface area contributed by atoms with Gasteiger partial charge in [0, 0.05) is 38.0 Å². The first-order chi connectivity index (χ1) is 11.2. The number of carbonyl (C=O) groups is 2. The maximum Gasteiger partial charge on any atom is 0.253 e. The van der Waals surface area contributed by atoms with Gasteiger partial charge in [-0.25, -0.2) is 0 Å². The highest BCUT2D eigenvalue weighted by molar-refractivity contribution is 6.00. The Hall–Kier alpha value is -2.04. The summed E-state index contributed by atoms with van der Waals surface area (Å²) in [6.07, 6.45) is 5.00. The lowest BCUT2D eigenvalue weighted by Gasteiger charge is -2.21. The number of hydrogen-bond donors (Lipinski definition) is 2. The summed E-state index contributed by atoms with van der Waals surface area (Å²) in [5, 5.41) is 6.39. The van der Waals surface area contributed by atoms with E-state index in [9.17, 15) is 9.59 Å². The molecule has 5 heteroatoms. The van der Waals surface area contributed by atoms with E-state index in [0.717, 1.165) is 50.0 Å². The Kier molecular flexibility index (Phi) is 3.71. The minimum atomic E-state index is -0.0337. The minimum absolute atomic E-state index is 0.0337. The number of nitrogens with zero attached hydrogens (tertiary/aromatic N) is 1. The Labute approximate surface area is 136 Å². The summed E-state index contributed by atoms with van der Waals surface area (Å²) in [5.41, 5.74) is 2.93. The largest absolute Gasteiger partial charge is 0.384 e. The van der Waals surface area contributed by atoms with E-state index in [-0.39, 0.29) is 17.7 Å². The SMILES string of the molecule is O=C(NC[C@H]1CC(=O)N(C2CC2)C1)c1cccc2c1NCCC2. The van der Waals surface area contributed by atoms with Gasteiger partial charge in [-0.3, -0.25) is 9.59 Å². The maximum absolute atomic E-state index is 12.5. The highest BCUT2D eigenvalue weighted by Crippen LogP contribution is 2.32. The molecule has 1 saturated heterocycles. The first kappa shape index (κ1) is 14.5. The Morgan fingerprint density at radius 1 is 1.35 bits per heavy atom. The molecule has 2 N–H and O–H groups in total. The normalized spacial score (nSPS) is 23.4. The zero-order valence-electron chi connectivity index (χ0n) is 13.3. The molecule has 1 saturated carbocycles. The Bertz CT molecular complexity index is 639. The van der Waals surface area contributed by atoms with Crippen molar-refractivity contribution < 1.29 is 9.59 Å². The van der Waals surface area contributed by atoms with Crippen molar-refractivity contribution in [3.63, 3.8) is 0 Å². The molecule has 2 aliphatic heterocycles. The van der Waals surface area contributed by atoms with Gasteiger partial charge in [0.1, 0.15) is 0 Å². The van der Waals surface area contributed by atoms with E-state index in [1.54, 1.807) is 0 Å².